The summed E-state index contributed by atoms with van der Waals surface area (Å²) in [6.07, 6.45) is 14.1. The summed E-state index contributed by atoms with van der Waals surface area (Å²) >= 11 is 0. The van der Waals surface area contributed by atoms with Crippen molar-refractivity contribution in [2.45, 2.75) is 76.3 Å². The third-order valence-electron chi connectivity index (χ3n) is 5.84. The van der Waals surface area contributed by atoms with Crippen molar-refractivity contribution in [1.82, 2.24) is 14.9 Å². The van der Waals surface area contributed by atoms with E-state index in [-0.39, 0.29) is 5.91 Å². The molecule has 2 aliphatic rings. The average molecular weight is 325 g/mol. The fraction of sp³-hybridized carbons (Fsp3) is 0.600. The van der Waals surface area contributed by atoms with Crippen molar-refractivity contribution in [3.8, 4) is 0 Å². The minimum Gasteiger partial charge on any atom is -0.345 e. The van der Waals surface area contributed by atoms with Gasteiger partial charge < -0.3 is 9.88 Å². The van der Waals surface area contributed by atoms with Gasteiger partial charge in [0.2, 0.25) is 0 Å². The van der Waals surface area contributed by atoms with Crippen LogP contribution >= 0.6 is 0 Å². The number of hydrogen-bond donors (Lipinski definition) is 1. The molecule has 4 rings (SSSR count). The van der Waals surface area contributed by atoms with E-state index in [9.17, 15) is 4.79 Å². The second-order valence-electron chi connectivity index (χ2n) is 7.43. The number of nitrogens with one attached hydrogen (secondary N) is 1. The highest BCUT2D eigenvalue weighted by molar-refractivity contribution is 5.97. The molecule has 0 bridgehead atoms. The lowest BCUT2D eigenvalue weighted by Crippen LogP contribution is -2.48. The smallest absolute Gasteiger partial charge is 0.254 e. The van der Waals surface area contributed by atoms with Crippen molar-refractivity contribution in [1.29, 1.82) is 0 Å². The Morgan fingerprint density at radius 2 is 1.58 bits per heavy atom. The maximum atomic E-state index is 13.4. The van der Waals surface area contributed by atoms with Gasteiger partial charge in [0.05, 0.1) is 17.4 Å². The van der Waals surface area contributed by atoms with Gasteiger partial charge in [-0.25, -0.2) is 4.98 Å². The second-order valence-corrected chi connectivity index (χ2v) is 7.43. The molecule has 2 aromatic rings. The van der Waals surface area contributed by atoms with Gasteiger partial charge in [0.15, 0.2) is 0 Å². The third kappa shape index (κ3) is 3.06. The largest absolute Gasteiger partial charge is 0.345 e. The van der Waals surface area contributed by atoms with Crippen LogP contribution in [0.15, 0.2) is 24.5 Å². The molecular formula is C20H27N3O. The van der Waals surface area contributed by atoms with Gasteiger partial charge in [-0.15, -0.1) is 0 Å². The predicted molar refractivity (Wildman–Crippen MR) is 96.0 cm³/mol. The fourth-order valence-electron chi connectivity index (χ4n) is 4.57. The van der Waals surface area contributed by atoms with Crippen molar-refractivity contribution in [2.75, 3.05) is 0 Å². The second kappa shape index (κ2) is 6.96. The van der Waals surface area contributed by atoms with Crippen LogP contribution in [0.5, 0.6) is 0 Å². The molecule has 0 unspecified atom stereocenters. The van der Waals surface area contributed by atoms with Gasteiger partial charge in [0.25, 0.3) is 5.91 Å². The number of aromatic amines is 1. The molecule has 1 amide bonds. The maximum Gasteiger partial charge on any atom is 0.254 e. The van der Waals surface area contributed by atoms with Crippen LogP contribution in [-0.2, 0) is 0 Å². The number of benzene rings is 1. The first kappa shape index (κ1) is 15.7. The van der Waals surface area contributed by atoms with Crippen LogP contribution in [0.25, 0.3) is 11.0 Å². The van der Waals surface area contributed by atoms with Crippen LogP contribution in [0.3, 0.4) is 0 Å². The summed E-state index contributed by atoms with van der Waals surface area (Å²) in [5.74, 6) is 0.227. The monoisotopic (exact) mass is 325 g/mol. The zero-order valence-electron chi connectivity index (χ0n) is 14.3. The molecule has 0 spiro atoms. The van der Waals surface area contributed by atoms with E-state index in [0.29, 0.717) is 12.1 Å². The van der Waals surface area contributed by atoms with E-state index in [0.717, 1.165) is 16.6 Å². The molecular weight excluding hydrogens is 298 g/mol. The molecule has 1 aromatic heterocycles. The Morgan fingerprint density at radius 3 is 2.21 bits per heavy atom. The number of aromatic nitrogens is 2. The van der Waals surface area contributed by atoms with Crippen molar-refractivity contribution < 1.29 is 4.79 Å². The fourth-order valence-corrected chi connectivity index (χ4v) is 4.57. The Morgan fingerprint density at radius 1 is 0.958 bits per heavy atom. The lowest BCUT2D eigenvalue weighted by Gasteiger charge is -2.41. The van der Waals surface area contributed by atoms with Crippen LogP contribution in [0.4, 0.5) is 0 Å². The first-order chi connectivity index (χ1) is 11.8. The predicted octanol–water partition coefficient (Wildman–Crippen LogP) is 4.67. The number of amides is 1. The Kier molecular flexibility index (Phi) is 4.54. The molecule has 2 aliphatic carbocycles. The molecule has 0 radical (unpaired) electrons. The molecule has 2 saturated carbocycles. The lowest BCUT2D eigenvalue weighted by molar-refractivity contribution is 0.0448. The summed E-state index contributed by atoms with van der Waals surface area (Å²) < 4.78 is 0. The molecule has 1 aromatic carbocycles. The van der Waals surface area contributed by atoms with Crippen molar-refractivity contribution in [3.05, 3.63) is 30.1 Å². The molecule has 0 atom stereocenters. The zero-order chi connectivity index (χ0) is 16.4. The van der Waals surface area contributed by atoms with E-state index < -0.39 is 0 Å². The molecule has 4 heteroatoms. The van der Waals surface area contributed by atoms with Gasteiger partial charge in [-0.3, -0.25) is 4.79 Å². The Hall–Kier alpha value is -1.84. The Labute approximate surface area is 143 Å². The number of hydrogen-bond acceptors (Lipinski definition) is 2. The van der Waals surface area contributed by atoms with E-state index in [1.807, 2.05) is 18.2 Å². The first-order valence-electron chi connectivity index (χ1n) is 9.59. The van der Waals surface area contributed by atoms with Gasteiger partial charge in [-0.1, -0.05) is 38.5 Å². The van der Waals surface area contributed by atoms with E-state index in [1.165, 1.54) is 64.2 Å². The van der Waals surface area contributed by atoms with Crippen molar-refractivity contribution in [3.63, 3.8) is 0 Å². The number of H-pyrrole nitrogens is 1. The lowest BCUT2D eigenvalue weighted by atomic mass is 9.88. The zero-order valence-corrected chi connectivity index (χ0v) is 14.3. The van der Waals surface area contributed by atoms with Crippen molar-refractivity contribution >= 4 is 16.9 Å². The normalized spacial score (nSPS) is 20.3. The molecule has 4 nitrogen and oxygen atoms in total. The van der Waals surface area contributed by atoms with Gasteiger partial charge in [-0.2, -0.15) is 0 Å². The maximum absolute atomic E-state index is 13.4. The number of fused-ring (bicyclic) bond motifs is 1. The number of imidazole rings is 1. The van der Waals surface area contributed by atoms with Crippen LogP contribution < -0.4 is 0 Å². The molecule has 1 N–H and O–H groups in total. The summed E-state index contributed by atoms with van der Waals surface area (Å²) in [7, 11) is 0. The number of carbonyl (C=O) groups is 1. The standard InChI is InChI=1S/C20H27N3O/c24-20(15-11-12-18-19(13-15)22-14-21-18)23(16-7-3-1-4-8-16)17-9-5-2-6-10-17/h11-14,16-17H,1-10H2,(H,21,22). The van der Waals surface area contributed by atoms with E-state index in [4.69, 9.17) is 0 Å². The topological polar surface area (TPSA) is 49.0 Å². The molecule has 24 heavy (non-hydrogen) atoms. The minimum absolute atomic E-state index is 0.227. The quantitative estimate of drug-likeness (QED) is 0.891. The summed E-state index contributed by atoms with van der Waals surface area (Å²) in [5.41, 5.74) is 2.68. The molecule has 2 fully saturated rings. The molecule has 1 heterocycles. The van der Waals surface area contributed by atoms with Crippen LogP contribution in [0, 0.1) is 0 Å². The molecule has 0 aliphatic heterocycles. The molecule has 0 saturated heterocycles. The summed E-state index contributed by atoms with van der Waals surface area (Å²) in [6, 6.07) is 6.76. The van der Waals surface area contributed by atoms with Gasteiger partial charge >= 0.3 is 0 Å². The highest BCUT2D eigenvalue weighted by Crippen LogP contribution is 2.31. The van der Waals surface area contributed by atoms with Gasteiger partial charge in [0, 0.05) is 17.6 Å². The average Bonchev–Trinajstić information content (AvgIpc) is 3.11. The van der Waals surface area contributed by atoms with Gasteiger partial charge in [0.1, 0.15) is 0 Å². The number of nitrogens with zero attached hydrogens (tertiary/aromatic N) is 2. The summed E-state index contributed by atoms with van der Waals surface area (Å²) in [5, 5.41) is 0. The number of carbonyl (C=O) groups excluding carboxylic acids is 1. The highest BCUT2D eigenvalue weighted by atomic mass is 16.2. The van der Waals surface area contributed by atoms with E-state index in [1.54, 1.807) is 6.33 Å². The third-order valence-corrected chi connectivity index (χ3v) is 5.84. The molecule has 128 valence electrons. The van der Waals surface area contributed by atoms with Crippen LogP contribution in [-0.4, -0.2) is 32.9 Å². The summed E-state index contributed by atoms with van der Waals surface area (Å²) in [6.45, 7) is 0. The van der Waals surface area contributed by atoms with Crippen LogP contribution in [0.1, 0.15) is 74.6 Å². The van der Waals surface area contributed by atoms with E-state index in [2.05, 4.69) is 14.9 Å². The first-order valence-corrected chi connectivity index (χ1v) is 9.59. The van der Waals surface area contributed by atoms with Crippen molar-refractivity contribution in [2.24, 2.45) is 0 Å². The highest BCUT2D eigenvalue weighted by Gasteiger charge is 2.33. The summed E-state index contributed by atoms with van der Waals surface area (Å²) in [4.78, 5) is 23.1. The van der Waals surface area contributed by atoms with Crippen LogP contribution in [0.2, 0.25) is 0 Å². The SMILES string of the molecule is O=C(c1ccc2nc[nH]c2c1)N(C1CCCCC1)C1CCCCC1. The van der Waals surface area contributed by atoms with E-state index >= 15 is 0 Å². The Bertz CT molecular complexity index is 678. The number of rotatable bonds is 3. The minimum atomic E-state index is 0.227. The van der Waals surface area contributed by atoms with Gasteiger partial charge in [-0.05, 0) is 43.9 Å². The Balaban J connectivity index is 1.63.